The molecular weight excluding hydrogens is 144 g/mol. The summed E-state index contributed by atoms with van der Waals surface area (Å²) in [5.74, 6) is 0. The van der Waals surface area contributed by atoms with Crippen molar-refractivity contribution in [2.75, 3.05) is 0 Å². The van der Waals surface area contributed by atoms with Crippen LogP contribution in [-0.4, -0.2) is 11.3 Å². The smallest absolute Gasteiger partial charge is 0.199 e. The number of hydrogen-bond donors (Lipinski definition) is 0. The molecule has 0 aromatic heterocycles. The average molecular weight is 146 g/mol. The second kappa shape index (κ2) is 2.39. The molecule has 0 heterocycles. The lowest BCUT2D eigenvalue weighted by Crippen LogP contribution is -2.09. The highest BCUT2D eigenvalue weighted by Gasteiger charge is 2.29. The molecule has 0 aliphatic rings. The Morgan fingerprint density at radius 1 is 1.38 bits per heavy atom. The van der Waals surface area contributed by atoms with E-state index in [1.165, 1.54) is 0 Å². The van der Waals surface area contributed by atoms with Crippen LogP contribution in [0.3, 0.4) is 0 Å². The van der Waals surface area contributed by atoms with Gasteiger partial charge in [0.1, 0.15) is 6.42 Å². The molecule has 0 radical (unpaired) electrons. The molecule has 0 spiro atoms. The lowest BCUT2D eigenvalue weighted by atomic mass is 10.5. The predicted octanol–water partition coefficient (Wildman–Crippen LogP) is 2.24. The molecule has 0 rings (SSSR count). The van der Waals surface area contributed by atoms with Gasteiger partial charge in [-0.25, -0.2) is 0 Å². The zero-order chi connectivity index (χ0) is 6.78. The van der Waals surface area contributed by atoms with E-state index in [1.807, 2.05) is 0 Å². The summed E-state index contributed by atoms with van der Waals surface area (Å²) in [6.07, 6.45) is -6.10. The Hall–Kier alpha value is -0.190. The van der Waals surface area contributed by atoms with E-state index in [1.54, 1.807) is 0 Å². The Morgan fingerprint density at radius 2 is 1.75 bits per heavy atom. The molecule has 0 amide bonds. The van der Waals surface area contributed by atoms with Crippen LogP contribution in [-0.2, 0) is 0 Å². The van der Waals surface area contributed by atoms with Crippen molar-refractivity contribution in [3.05, 3.63) is 0 Å². The Labute approximate surface area is 48.5 Å². The van der Waals surface area contributed by atoms with Crippen molar-refractivity contribution < 1.29 is 17.6 Å². The fourth-order valence-corrected chi connectivity index (χ4v) is 0.321. The third-order valence-electron chi connectivity index (χ3n) is 0.339. The molecule has 0 bridgehead atoms. The van der Waals surface area contributed by atoms with E-state index >= 15 is 0 Å². The van der Waals surface area contributed by atoms with Crippen LogP contribution in [0.5, 0.6) is 0 Å². The molecule has 0 unspecified atom stereocenters. The Balaban J connectivity index is 3.55. The van der Waals surface area contributed by atoms with Crippen LogP contribution in [0, 0.1) is 0 Å². The number of thiocarbonyl (C=S) groups is 1. The molecule has 0 aromatic carbocycles. The molecular formula is C3H2F4S. The molecule has 0 nitrogen and oxygen atoms in total. The fourth-order valence-electron chi connectivity index (χ4n) is 0.158. The number of hydrogen-bond acceptors (Lipinski definition) is 1. The lowest BCUT2D eigenvalue weighted by Gasteiger charge is -1.99. The van der Waals surface area contributed by atoms with Crippen molar-refractivity contribution in [2.45, 2.75) is 12.6 Å². The normalized spacial score (nSPS) is 11.5. The second-order valence-electron chi connectivity index (χ2n) is 1.15. The van der Waals surface area contributed by atoms with Gasteiger partial charge in [0, 0.05) is 0 Å². The van der Waals surface area contributed by atoms with Gasteiger partial charge in [-0.15, -0.1) is 0 Å². The average Bonchev–Trinajstić information content (AvgIpc) is 1.21. The first-order valence-corrected chi connectivity index (χ1v) is 2.08. The molecule has 0 aliphatic carbocycles. The van der Waals surface area contributed by atoms with Crippen molar-refractivity contribution in [1.82, 2.24) is 0 Å². The van der Waals surface area contributed by atoms with E-state index in [2.05, 4.69) is 12.2 Å². The molecule has 0 aliphatic heterocycles. The molecule has 8 heavy (non-hydrogen) atoms. The van der Waals surface area contributed by atoms with Crippen LogP contribution >= 0.6 is 12.2 Å². The minimum absolute atomic E-state index is 1.52. The molecule has 0 N–H and O–H groups in total. The topological polar surface area (TPSA) is 0 Å². The maximum atomic E-state index is 11.2. The van der Waals surface area contributed by atoms with Crippen LogP contribution in [0.25, 0.3) is 0 Å². The number of alkyl halides is 3. The van der Waals surface area contributed by atoms with Crippen LogP contribution in [0.2, 0.25) is 0 Å². The van der Waals surface area contributed by atoms with Gasteiger partial charge in [0.2, 0.25) is 0 Å². The van der Waals surface area contributed by atoms with Gasteiger partial charge in [-0.2, -0.15) is 17.6 Å². The van der Waals surface area contributed by atoms with E-state index in [0.29, 0.717) is 0 Å². The summed E-state index contributed by atoms with van der Waals surface area (Å²) in [6, 6.07) is 0. The molecule has 0 atom stereocenters. The van der Waals surface area contributed by atoms with Gasteiger partial charge < -0.3 is 0 Å². The van der Waals surface area contributed by atoms with Crippen molar-refractivity contribution in [3.8, 4) is 0 Å². The summed E-state index contributed by atoms with van der Waals surface area (Å²) in [5.41, 5.74) is 0. The largest absolute Gasteiger partial charge is 0.396 e. The van der Waals surface area contributed by atoms with Gasteiger partial charge in [0.15, 0.2) is 5.12 Å². The highest BCUT2D eigenvalue weighted by atomic mass is 32.1. The van der Waals surface area contributed by atoms with E-state index in [0.717, 1.165) is 0 Å². The maximum absolute atomic E-state index is 11.2. The third-order valence-corrected chi connectivity index (χ3v) is 0.484. The first-order chi connectivity index (χ1) is 3.42. The predicted molar refractivity (Wildman–Crippen MR) is 24.4 cm³/mol. The van der Waals surface area contributed by atoms with Gasteiger partial charge in [-0.3, -0.25) is 0 Å². The minimum Gasteiger partial charge on any atom is -0.199 e. The first kappa shape index (κ1) is 7.81. The van der Waals surface area contributed by atoms with Gasteiger partial charge in [-0.05, 0) is 0 Å². The molecule has 0 aromatic rings. The SMILES string of the molecule is FC(=S)CC(F)(F)F. The molecule has 48 valence electrons. The maximum Gasteiger partial charge on any atom is 0.396 e. The highest BCUT2D eigenvalue weighted by Crippen LogP contribution is 2.20. The highest BCUT2D eigenvalue weighted by molar-refractivity contribution is 7.80. The zero-order valence-corrected chi connectivity index (χ0v) is 4.44. The number of halogens is 4. The number of rotatable bonds is 1. The van der Waals surface area contributed by atoms with Crippen molar-refractivity contribution >= 4 is 17.3 Å². The van der Waals surface area contributed by atoms with Crippen molar-refractivity contribution in [3.63, 3.8) is 0 Å². The lowest BCUT2D eigenvalue weighted by molar-refractivity contribution is -0.122. The Morgan fingerprint density at radius 3 is 1.75 bits per heavy atom. The van der Waals surface area contributed by atoms with E-state index in [-0.39, 0.29) is 0 Å². The molecule has 0 saturated heterocycles. The summed E-state index contributed by atoms with van der Waals surface area (Å²) < 4.78 is 44.1. The van der Waals surface area contributed by atoms with E-state index < -0.39 is 17.7 Å². The summed E-state index contributed by atoms with van der Waals surface area (Å²) in [4.78, 5) is 0. The van der Waals surface area contributed by atoms with Gasteiger partial charge in [0.25, 0.3) is 0 Å². The summed E-state index contributed by atoms with van der Waals surface area (Å²) in [7, 11) is 0. The summed E-state index contributed by atoms with van der Waals surface area (Å²) >= 11 is 3.56. The summed E-state index contributed by atoms with van der Waals surface area (Å²) in [5, 5.41) is -1.52. The molecule has 0 saturated carbocycles. The summed E-state index contributed by atoms with van der Waals surface area (Å²) in [6.45, 7) is 0. The fraction of sp³-hybridized carbons (Fsp3) is 0.667. The van der Waals surface area contributed by atoms with Gasteiger partial charge in [-0.1, -0.05) is 12.2 Å². The third kappa shape index (κ3) is 5.81. The minimum atomic E-state index is -4.49. The second-order valence-corrected chi connectivity index (χ2v) is 1.59. The van der Waals surface area contributed by atoms with E-state index in [4.69, 9.17) is 0 Å². The Bertz CT molecular complexity index is 93.9. The van der Waals surface area contributed by atoms with Crippen LogP contribution in [0.4, 0.5) is 17.6 Å². The van der Waals surface area contributed by atoms with Crippen LogP contribution in [0.1, 0.15) is 6.42 Å². The molecule has 5 heteroatoms. The standard InChI is InChI=1S/C3H2F4S/c4-2(8)1-3(5,6)7/h1H2. The first-order valence-electron chi connectivity index (χ1n) is 1.67. The van der Waals surface area contributed by atoms with Crippen molar-refractivity contribution in [2.24, 2.45) is 0 Å². The zero-order valence-electron chi connectivity index (χ0n) is 3.63. The van der Waals surface area contributed by atoms with Crippen LogP contribution < -0.4 is 0 Å². The Kier molecular flexibility index (Phi) is 2.33. The van der Waals surface area contributed by atoms with Crippen LogP contribution in [0.15, 0.2) is 0 Å². The monoisotopic (exact) mass is 146 g/mol. The quantitative estimate of drug-likeness (QED) is 0.310. The van der Waals surface area contributed by atoms with Crippen molar-refractivity contribution in [1.29, 1.82) is 0 Å². The van der Waals surface area contributed by atoms with Gasteiger partial charge in [0.05, 0.1) is 0 Å². The molecule has 0 fully saturated rings. The van der Waals surface area contributed by atoms with E-state index in [9.17, 15) is 17.6 Å². The van der Waals surface area contributed by atoms with Gasteiger partial charge >= 0.3 is 6.18 Å².